The monoisotopic (exact) mass is 760 g/mol. The van der Waals surface area contributed by atoms with Crippen LogP contribution in [0.15, 0.2) is 12.2 Å². The molecule has 2 atom stereocenters. The van der Waals surface area contributed by atoms with Gasteiger partial charge < -0.3 is 27.9 Å². The molecule has 9 nitrogen and oxygen atoms in total. The molecule has 0 aromatic rings. The fourth-order valence-corrected chi connectivity index (χ4v) is 6.61. The largest absolute Gasteiger partial charge is 0.756 e. The lowest BCUT2D eigenvalue weighted by Gasteiger charge is -2.28. The zero-order valence-corrected chi connectivity index (χ0v) is 35.4. The van der Waals surface area contributed by atoms with Crippen LogP contribution in [0.1, 0.15) is 194 Å². The number of phosphoric acid groups is 1. The number of carbonyl (C=O) groups excluding carboxylic acids is 2. The van der Waals surface area contributed by atoms with E-state index in [0.717, 1.165) is 38.5 Å². The van der Waals surface area contributed by atoms with E-state index in [4.69, 9.17) is 18.5 Å². The number of nitrogens with zero attached hydrogens (tertiary/aromatic N) is 1. The molecule has 1 unspecified atom stereocenters. The van der Waals surface area contributed by atoms with Crippen LogP contribution in [0.5, 0.6) is 0 Å². The Bertz CT molecular complexity index is 907. The maximum absolute atomic E-state index is 12.6. The lowest BCUT2D eigenvalue weighted by Crippen LogP contribution is -2.37. The Hall–Kier alpha value is -1.25. The Morgan fingerprint density at radius 1 is 0.577 bits per heavy atom. The number of allylic oxidation sites excluding steroid dienone is 2. The van der Waals surface area contributed by atoms with Gasteiger partial charge in [0, 0.05) is 12.8 Å². The molecule has 308 valence electrons. The van der Waals surface area contributed by atoms with Gasteiger partial charge in [0.05, 0.1) is 27.7 Å². The minimum absolute atomic E-state index is 0.0283. The van der Waals surface area contributed by atoms with Crippen molar-refractivity contribution >= 4 is 19.8 Å². The van der Waals surface area contributed by atoms with Crippen LogP contribution in [0, 0.1) is 0 Å². The molecule has 52 heavy (non-hydrogen) atoms. The van der Waals surface area contributed by atoms with E-state index in [0.29, 0.717) is 17.4 Å². The van der Waals surface area contributed by atoms with Gasteiger partial charge in [-0.3, -0.25) is 14.2 Å². The first-order chi connectivity index (χ1) is 25.0. The number of hydrogen-bond donors (Lipinski definition) is 0. The molecule has 0 aliphatic heterocycles. The number of esters is 2. The third-order valence-electron chi connectivity index (χ3n) is 9.29. The molecule has 0 rings (SSSR count). The van der Waals surface area contributed by atoms with E-state index in [1.54, 1.807) is 0 Å². The summed E-state index contributed by atoms with van der Waals surface area (Å²) in [6.45, 7) is 4.21. The normalized spacial score (nSPS) is 13.7. The van der Waals surface area contributed by atoms with Crippen molar-refractivity contribution in [3.05, 3.63) is 12.2 Å². The van der Waals surface area contributed by atoms with Gasteiger partial charge in [-0.15, -0.1) is 0 Å². The molecule has 0 aliphatic rings. The van der Waals surface area contributed by atoms with Gasteiger partial charge >= 0.3 is 11.9 Å². The van der Waals surface area contributed by atoms with Gasteiger partial charge in [-0.2, -0.15) is 0 Å². The maximum atomic E-state index is 12.6. The Morgan fingerprint density at radius 2 is 0.981 bits per heavy atom. The number of quaternary nitrogens is 1. The third-order valence-corrected chi connectivity index (χ3v) is 10.2. The van der Waals surface area contributed by atoms with Gasteiger partial charge in [0.15, 0.2) is 6.10 Å². The first-order valence-corrected chi connectivity index (χ1v) is 22.9. The minimum atomic E-state index is -4.61. The van der Waals surface area contributed by atoms with Crippen molar-refractivity contribution in [2.45, 2.75) is 200 Å². The van der Waals surface area contributed by atoms with Gasteiger partial charge in [0.25, 0.3) is 7.82 Å². The SMILES string of the molecule is CCCCCCCC/C=C/CCCCCCCCCCCC(=O)O[C@H](COC(=O)CCCCCCCCCCC)COP(=O)([O-])OCC[N+](C)(C)C. The summed E-state index contributed by atoms with van der Waals surface area (Å²) in [4.78, 5) is 37.4. The quantitative estimate of drug-likeness (QED) is 0.0200. The molecular formula is C42H82NO8P. The molecule has 0 spiro atoms. The number of rotatable bonds is 39. The van der Waals surface area contributed by atoms with Crippen molar-refractivity contribution in [2.75, 3.05) is 47.5 Å². The number of ether oxygens (including phenoxy) is 2. The van der Waals surface area contributed by atoms with Gasteiger partial charge in [0.2, 0.25) is 0 Å². The van der Waals surface area contributed by atoms with Crippen LogP contribution in [-0.2, 0) is 32.7 Å². The Morgan fingerprint density at radius 3 is 1.42 bits per heavy atom. The molecule has 0 saturated heterocycles. The van der Waals surface area contributed by atoms with E-state index in [1.807, 2.05) is 21.1 Å². The van der Waals surface area contributed by atoms with E-state index in [2.05, 4.69) is 26.0 Å². The first-order valence-electron chi connectivity index (χ1n) is 21.4. The molecule has 0 aromatic carbocycles. The Balaban J connectivity index is 4.28. The number of likely N-dealkylation sites (N-methyl/N-ethyl adjacent to an activating group) is 1. The van der Waals surface area contributed by atoms with Gasteiger partial charge in [-0.05, 0) is 38.5 Å². The van der Waals surface area contributed by atoms with Gasteiger partial charge in [0.1, 0.15) is 19.8 Å². The molecule has 0 radical (unpaired) electrons. The number of carbonyl (C=O) groups is 2. The van der Waals surface area contributed by atoms with Crippen LogP contribution >= 0.6 is 7.82 Å². The highest BCUT2D eigenvalue weighted by Crippen LogP contribution is 2.38. The Kier molecular flexibility index (Phi) is 34.6. The fraction of sp³-hybridized carbons (Fsp3) is 0.905. The maximum Gasteiger partial charge on any atom is 0.306 e. The van der Waals surface area contributed by atoms with E-state index < -0.39 is 26.5 Å². The second-order valence-electron chi connectivity index (χ2n) is 15.7. The van der Waals surface area contributed by atoms with E-state index >= 15 is 0 Å². The molecule has 0 amide bonds. The lowest BCUT2D eigenvalue weighted by atomic mass is 10.1. The summed E-state index contributed by atoms with van der Waals surface area (Å²) in [6, 6.07) is 0. The fourth-order valence-electron chi connectivity index (χ4n) is 5.88. The third kappa shape index (κ3) is 38.5. The van der Waals surface area contributed by atoms with Gasteiger partial charge in [-0.25, -0.2) is 0 Å². The summed E-state index contributed by atoms with van der Waals surface area (Å²) in [6.07, 6.45) is 35.3. The average Bonchev–Trinajstić information content (AvgIpc) is 3.09. The molecule has 10 heteroatoms. The van der Waals surface area contributed by atoms with Crippen LogP contribution < -0.4 is 4.89 Å². The Labute approximate surface area is 320 Å². The van der Waals surface area contributed by atoms with E-state index in [-0.39, 0.29) is 32.0 Å². The second kappa shape index (κ2) is 35.5. The van der Waals surface area contributed by atoms with E-state index in [1.165, 1.54) is 122 Å². The zero-order valence-electron chi connectivity index (χ0n) is 34.5. The zero-order chi connectivity index (χ0) is 38.6. The standard InChI is InChI=1S/C42H82NO8P/c1-6-8-10-12-14-16-17-18-19-20-21-22-23-24-25-27-29-31-33-35-42(45)51-40(39-50-52(46,47)49-37-36-43(3,4)5)38-48-41(44)34-32-30-28-26-15-13-11-9-7-2/h18-19,40H,6-17,20-39H2,1-5H3/b19-18+/t40-/m1/s1. The minimum Gasteiger partial charge on any atom is -0.756 e. The highest BCUT2D eigenvalue weighted by Gasteiger charge is 2.21. The highest BCUT2D eigenvalue weighted by molar-refractivity contribution is 7.45. The predicted octanol–water partition coefficient (Wildman–Crippen LogP) is 11.2. The van der Waals surface area contributed by atoms with E-state index in [9.17, 15) is 19.0 Å². The molecule has 0 bridgehead atoms. The van der Waals surface area contributed by atoms with Crippen LogP contribution in [0.3, 0.4) is 0 Å². The second-order valence-corrected chi connectivity index (χ2v) is 17.1. The lowest BCUT2D eigenvalue weighted by molar-refractivity contribution is -0.870. The van der Waals surface area contributed by atoms with Crippen molar-refractivity contribution in [3.63, 3.8) is 0 Å². The van der Waals surface area contributed by atoms with Crippen LogP contribution in [-0.4, -0.2) is 70.0 Å². The smallest absolute Gasteiger partial charge is 0.306 e. The molecule has 0 fully saturated rings. The number of hydrogen-bond acceptors (Lipinski definition) is 8. The van der Waals surface area contributed by atoms with Crippen LogP contribution in [0.2, 0.25) is 0 Å². The van der Waals surface area contributed by atoms with Crippen molar-refractivity contribution < 1.29 is 42.1 Å². The molecule has 0 aromatic heterocycles. The van der Waals surface area contributed by atoms with Crippen molar-refractivity contribution in [3.8, 4) is 0 Å². The van der Waals surface area contributed by atoms with Crippen molar-refractivity contribution in [1.29, 1.82) is 0 Å². The molecule has 0 saturated carbocycles. The first kappa shape index (κ1) is 50.8. The summed E-state index contributed by atoms with van der Waals surface area (Å²) < 4.78 is 33.8. The van der Waals surface area contributed by atoms with Gasteiger partial charge in [-0.1, -0.05) is 154 Å². The van der Waals surface area contributed by atoms with Crippen molar-refractivity contribution in [1.82, 2.24) is 0 Å². The number of phosphoric ester groups is 1. The van der Waals surface area contributed by atoms with Crippen LogP contribution in [0.25, 0.3) is 0 Å². The summed E-state index contributed by atoms with van der Waals surface area (Å²) in [5, 5.41) is 0. The molecule has 0 heterocycles. The molecular weight excluding hydrogens is 677 g/mol. The molecule has 0 aliphatic carbocycles. The van der Waals surface area contributed by atoms with Crippen molar-refractivity contribution in [2.24, 2.45) is 0 Å². The molecule has 0 N–H and O–H groups in total. The average molecular weight is 760 g/mol. The topological polar surface area (TPSA) is 111 Å². The van der Waals surface area contributed by atoms with Crippen LogP contribution in [0.4, 0.5) is 0 Å². The number of unbranched alkanes of at least 4 members (excludes halogenated alkanes) is 23. The summed E-state index contributed by atoms with van der Waals surface area (Å²) in [7, 11) is 1.17. The highest BCUT2D eigenvalue weighted by atomic mass is 31.2. The predicted molar refractivity (Wildman–Crippen MR) is 213 cm³/mol. The summed E-state index contributed by atoms with van der Waals surface area (Å²) in [5.74, 6) is -0.833. The summed E-state index contributed by atoms with van der Waals surface area (Å²) in [5.41, 5.74) is 0. The summed E-state index contributed by atoms with van der Waals surface area (Å²) >= 11 is 0.